The second kappa shape index (κ2) is 6.63. The molecule has 1 atom stereocenters. The highest BCUT2D eigenvalue weighted by molar-refractivity contribution is 5.99. The van der Waals surface area contributed by atoms with Gasteiger partial charge in [0.15, 0.2) is 5.69 Å². The van der Waals surface area contributed by atoms with Crippen molar-refractivity contribution in [1.82, 2.24) is 24.5 Å². The molecular formula is C19H25N5O2. The number of nitrogens with zero attached hydrogens (tertiary/aromatic N) is 4. The monoisotopic (exact) mass is 355 g/mol. The quantitative estimate of drug-likeness (QED) is 0.915. The van der Waals surface area contributed by atoms with Crippen LogP contribution in [0.1, 0.15) is 48.0 Å². The zero-order valence-electron chi connectivity index (χ0n) is 15.3. The van der Waals surface area contributed by atoms with Crippen molar-refractivity contribution in [3.63, 3.8) is 0 Å². The van der Waals surface area contributed by atoms with Crippen molar-refractivity contribution in [1.29, 1.82) is 0 Å². The van der Waals surface area contributed by atoms with Gasteiger partial charge in [0, 0.05) is 33.4 Å². The maximum atomic E-state index is 12.7. The summed E-state index contributed by atoms with van der Waals surface area (Å²) in [6.07, 6.45) is 6.11. The van der Waals surface area contributed by atoms with Gasteiger partial charge in [-0.25, -0.2) is 9.78 Å². The number of carbonyl (C=O) groups excluding carboxylic acids is 2. The van der Waals surface area contributed by atoms with Crippen LogP contribution in [0.5, 0.6) is 0 Å². The summed E-state index contributed by atoms with van der Waals surface area (Å²) in [4.78, 5) is 33.3. The number of imidazole rings is 1. The van der Waals surface area contributed by atoms with Crippen LogP contribution in [0.3, 0.4) is 0 Å². The first-order valence-corrected chi connectivity index (χ1v) is 9.29. The minimum Gasteiger partial charge on any atom is -0.350 e. The number of aromatic nitrogens is 2. The van der Waals surface area contributed by atoms with Crippen molar-refractivity contribution in [2.75, 3.05) is 27.2 Å². The Bertz CT molecular complexity index is 840. The molecule has 4 rings (SSSR count). The van der Waals surface area contributed by atoms with Gasteiger partial charge in [-0.2, -0.15) is 0 Å². The summed E-state index contributed by atoms with van der Waals surface area (Å²) in [7, 11) is 3.52. The predicted octanol–water partition coefficient (Wildman–Crippen LogP) is 2.29. The highest BCUT2D eigenvalue weighted by Gasteiger charge is 2.35. The van der Waals surface area contributed by atoms with Gasteiger partial charge < -0.3 is 19.5 Å². The first-order chi connectivity index (χ1) is 12.6. The summed E-state index contributed by atoms with van der Waals surface area (Å²) in [6, 6.07) is 5.63. The van der Waals surface area contributed by atoms with Crippen molar-refractivity contribution >= 4 is 17.5 Å². The molecule has 3 heterocycles. The molecular weight excluding hydrogens is 330 g/mol. The molecule has 1 aliphatic heterocycles. The second-order valence-electron chi connectivity index (χ2n) is 7.46. The molecule has 2 aromatic heterocycles. The number of rotatable bonds is 4. The third-order valence-electron chi connectivity index (χ3n) is 5.22. The number of likely N-dealkylation sites (tertiary alicyclic amines) is 1. The first kappa shape index (κ1) is 16.9. The number of hydrogen-bond donors (Lipinski definition) is 1. The summed E-state index contributed by atoms with van der Waals surface area (Å²) < 4.78 is 1.96. The second-order valence-corrected chi connectivity index (χ2v) is 7.46. The van der Waals surface area contributed by atoms with Gasteiger partial charge >= 0.3 is 6.03 Å². The normalized spacial score (nSPS) is 19.8. The molecule has 7 heteroatoms. The van der Waals surface area contributed by atoms with Crippen LogP contribution in [0, 0.1) is 5.92 Å². The zero-order valence-corrected chi connectivity index (χ0v) is 15.3. The van der Waals surface area contributed by atoms with Gasteiger partial charge in [0.1, 0.15) is 5.82 Å². The van der Waals surface area contributed by atoms with E-state index < -0.39 is 0 Å². The van der Waals surface area contributed by atoms with Gasteiger partial charge in [0.05, 0.1) is 11.6 Å². The van der Waals surface area contributed by atoms with E-state index in [4.69, 9.17) is 4.98 Å². The Kier molecular flexibility index (Phi) is 4.30. The van der Waals surface area contributed by atoms with E-state index in [-0.39, 0.29) is 18.0 Å². The number of amides is 3. The van der Waals surface area contributed by atoms with Gasteiger partial charge in [-0.15, -0.1) is 0 Å². The van der Waals surface area contributed by atoms with Crippen molar-refractivity contribution in [2.24, 2.45) is 5.92 Å². The van der Waals surface area contributed by atoms with E-state index in [0.29, 0.717) is 24.7 Å². The third-order valence-corrected chi connectivity index (χ3v) is 5.22. The van der Waals surface area contributed by atoms with Crippen LogP contribution in [-0.4, -0.2) is 58.3 Å². The molecule has 1 saturated carbocycles. The molecule has 138 valence electrons. The lowest BCUT2D eigenvalue weighted by Gasteiger charge is -2.27. The van der Waals surface area contributed by atoms with E-state index in [1.165, 1.54) is 12.8 Å². The van der Waals surface area contributed by atoms with Crippen molar-refractivity contribution in [2.45, 2.75) is 31.7 Å². The Morgan fingerprint density at radius 3 is 2.81 bits per heavy atom. The largest absolute Gasteiger partial charge is 0.350 e. The molecule has 3 amide bonds. The fraction of sp³-hybridized carbons (Fsp3) is 0.526. The van der Waals surface area contributed by atoms with Crippen LogP contribution >= 0.6 is 0 Å². The number of urea groups is 1. The predicted molar refractivity (Wildman–Crippen MR) is 98.0 cm³/mol. The molecule has 0 spiro atoms. The molecule has 2 aliphatic rings. The molecule has 0 radical (unpaired) electrons. The van der Waals surface area contributed by atoms with Crippen molar-refractivity contribution in [3.05, 3.63) is 35.9 Å². The minimum atomic E-state index is -0.129. The molecule has 1 N–H and O–H groups in total. The Hall–Kier alpha value is -2.57. The zero-order chi connectivity index (χ0) is 18.3. The highest BCUT2D eigenvalue weighted by atomic mass is 16.2. The molecule has 0 aromatic carbocycles. The fourth-order valence-electron chi connectivity index (χ4n) is 3.63. The highest BCUT2D eigenvalue weighted by Crippen LogP contribution is 2.33. The number of nitrogens with one attached hydrogen (secondary N) is 1. The maximum absolute atomic E-state index is 12.7. The van der Waals surface area contributed by atoms with E-state index in [1.54, 1.807) is 19.0 Å². The molecule has 0 bridgehead atoms. The van der Waals surface area contributed by atoms with Crippen LogP contribution in [0.15, 0.2) is 24.4 Å². The lowest BCUT2D eigenvalue weighted by Crippen LogP contribution is -2.39. The van der Waals surface area contributed by atoms with Crippen molar-refractivity contribution in [3.8, 4) is 0 Å². The van der Waals surface area contributed by atoms with Gasteiger partial charge in [0.25, 0.3) is 5.91 Å². The molecule has 1 unspecified atom stereocenters. The van der Waals surface area contributed by atoms with Crippen LogP contribution in [0.25, 0.3) is 5.52 Å². The van der Waals surface area contributed by atoms with E-state index in [9.17, 15) is 9.59 Å². The molecule has 2 aromatic rings. The SMILES string of the molecule is CN(C)C(=O)N1CCCC1c1nc(C(=O)NCC2CC2)c2ccccn12. The summed E-state index contributed by atoms with van der Waals surface area (Å²) >= 11 is 0. The maximum Gasteiger partial charge on any atom is 0.320 e. The lowest BCUT2D eigenvalue weighted by molar-refractivity contribution is 0.0948. The Labute approximate surface area is 153 Å². The standard InChI is InChI=1S/C19H25N5O2/c1-22(2)19(26)24-11-5-7-15(24)17-21-16(14-6-3-4-10-23(14)17)18(25)20-12-13-8-9-13/h3-4,6,10,13,15H,5,7-9,11-12H2,1-2H3,(H,20,25). The van der Waals surface area contributed by atoms with Gasteiger partial charge in [0.2, 0.25) is 0 Å². The molecule has 7 nitrogen and oxygen atoms in total. The average molecular weight is 355 g/mol. The van der Waals surface area contributed by atoms with Crippen LogP contribution in [0.2, 0.25) is 0 Å². The lowest BCUT2D eigenvalue weighted by atomic mass is 10.2. The number of pyridine rings is 1. The van der Waals surface area contributed by atoms with E-state index in [0.717, 1.165) is 24.2 Å². The van der Waals surface area contributed by atoms with E-state index >= 15 is 0 Å². The molecule has 1 aliphatic carbocycles. The molecule has 2 fully saturated rings. The summed E-state index contributed by atoms with van der Waals surface area (Å²) in [6.45, 7) is 1.43. The summed E-state index contributed by atoms with van der Waals surface area (Å²) in [5, 5.41) is 3.01. The molecule has 26 heavy (non-hydrogen) atoms. The Morgan fingerprint density at radius 1 is 1.27 bits per heavy atom. The number of carbonyl (C=O) groups is 2. The minimum absolute atomic E-state index is 0.0140. The number of fused-ring (bicyclic) bond motifs is 1. The van der Waals surface area contributed by atoms with E-state index in [2.05, 4.69) is 5.32 Å². The van der Waals surface area contributed by atoms with Gasteiger partial charge in [-0.05, 0) is 43.7 Å². The third kappa shape index (κ3) is 3.02. The van der Waals surface area contributed by atoms with Crippen LogP contribution in [-0.2, 0) is 0 Å². The van der Waals surface area contributed by atoms with Crippen LogP contribution in [0.4, 0.5) is 4.79 Å². The number of hydrogen-bond acceptors (Lipinski definition) is 3. The van der Waals surface area contributed by atoms with Gasteiger partial charge in [-0.1, -0.05) is 6.07 Å². The first-order valence-electron chi connectivity index (χ1n) is 9.29. The van der Waals surface area contributed by atoms with Crippen molar-refractivity contribution < 1.29 is 9.59 Å². The molecule has 1 saturated heterocycles. The van der Waals surface area contributed by atoms with Crippen LogP contribution < -0.4 is 5.32 Å². The summed E-state index contributed by atoms with van der Waals surface area (Å²) in [5.74, 6) is 1.26. The summed E-state index contributed by atoms with van der Waals surface area (Å²) in [5.41, 5.74) is 1.24. The average Bonchev–Trinajstić information content (AvgIpc) is 3.21. The Balaban J connectivity index is 1.68. The topological polar surface area (TPSA) is 70.0 Å². The smallest absolute Gasteiger partial charge is 0.320 e. The fourth-order valence-corrected chi connectivity index (χ4v) is 3.63. The Morgan fingerprint density at radius 2 is 2.08 bits per heavy atom. The van der Waals surface area contributed by atoms with E-state index in [1.807, 2.05) is 33.7 Å². The van der Waals surface area contributed by atoms with Gasteiger partial charge in [-0.3, -0.25) is 4.79 Å².